The second-order valence-electron chi connectivity index (χ2n) is 5.29. The fraction of sp³-hybridized carbons (Fsp3) is 0.278. The van der Waals surface area contributed by atoms with E-state index < -0.39 is 21.7 Å². The number of pyridine rings is 1. The maximum Gasteiger partial charge on any atom is 0.243 e. The third kappa shape index (κ3) is 3.92. The minimum Gasteiger partial charge on any atom is -0.292 e. The van der Waals surface area contributed by atoms with Crippen LogP contribution in [0.15, 0.2) is 53.6 Å². The van der Waals surface area contributed by atoms with Gasteiger partial charge in [0.25, 0.3) is 0 Å². The van der Waals surface area contributed by atoms with Gasteiger partial charge < -0.3 is 0 Å². The van der Waals surface area contributed by atoms with Crippen molar-refractivity contribution in [2.75, 3.05) is 13.1 Å². The molecule has 1 aromatic carbocycles. The Hall–Kier alpha value is -2.56. The summed E-state index contributed by atoms with van der Waals surface area (Å²) in [7, 11) is -3.58. The van der Waals surface area contributed by atoms with Gasteiger partial charge in [0.2, 0.25) is 10.0 Å². The van der Waals surface area contributed by atoms with E-state index in [0.29, 0.717) is 18.8 Å². The molecular formula is C18H19N3O3S. The monoisotopic (exact) mass is 357 g/mol. The number of Topliss-reactive ketones (excluding diaryl/α,β-unsaturated/α-hetero) is 1. The molecule has 0 amide bonds. The Balaban J connectivity index is 2.31. The standard InChI is InChI=1S/C18H19N3O3S/c1-3-21(4-2)25(23,24)15-10-8-14(9-11-15)18(22)16(13-19)17-7-5-6-12-20-17/h5-12,16H,3-4H2,1-2H3/t16-/m0/s1. The lowest BCUT2D eigenvalue weighted by atomic mass is 9.95. The lowest BCUT2D eigenvalue weighted by molar-refractivity contribution is 0.0977. The number of hydrogen-bond donors (Lipinski definition) is 0. The van der Waals surface area contributed by atoms with Gasteiger partial charge in [0.1, 0.15) is 0 Å². The van der Waals surface area contributed by atoms with Crippen LogP contribution in [0.1, 0.15) is 35.8 Å². The predicted molar refractivity (Wildman–Crippen MR) is 93.5 cm³/mol. The number of nitrogens with zero attached hydrogens (tertiary/aromatic N) is 3. The van der Waals surface area contributed by atoms with Gasteiger partial charge in [-0.05, 0) is 24.3 Å². The minimum absolute atomic E-state index is 0.124. The molecule has 0 bridgehead atoms. The van der Waals surface area contributed by atoms with E-state index in [9.17, 15) is 18.5 Å². The Bertz CT molecular complexity index is 868. The normalized spacial score (nSPS) is 12.6. The molecule has 0 aliphatic carbocycles. The summed E-state index contributed by atoms with van der Waals surface area (Å²) in [5.41, 5.74) is 0.644. The molecule has 130 valence electrons. The average Bonchev–Trinajstić information content (AvgIpc) is 2.64. The third-order valence-electron chi connectivity index (χ3n) is 3.86. The first-order chi connectivity index (χ1) is 12.0. The molecule has 2 rings (SSSR count). The molecule has 0 saturated carbocycles. The summed E-state index contributed by atoms with van der Waals surface area (Å²) >= 11 is 0. The number of carbonyl (C=O) groups excluding carboxylic acids is 1. The molecule has 1 atom stereocenters. The highest BCUT2D eigenvalue weighted by Crippen LogP contribution is 2.21. The largest absolute Gasteiger partial charge is 0.292 e. The van der Waals surface area contributed by atoms with E-state index in [0.717, 1.165) is 0 Å². The zero-order valence-corrected chi connectivity index (χ0v) is 14.9. The topological polar surface area (TPSA) is 91.1 Å². The Morgan fingerprint density at radius 1 is 1.16 bits per heavy atom. The van der Waals surface area contributed by atoms with Crippen LogP contribution in [0.5, 0.6) is 0 Å². The van der Waals surface area contributed by atoms with Gasteiger partial charge in [-0.25, -0.2) is 8.42 Å². The fourth-order valence-electron chi connectivity index (χ4n) is 2.48. The lowest BCUT2D eigenvalue weighted by Gasteiger charge is -2.18. The van der Waals surface area contributed by atoms with E-state index in [1.54, 1.807) is 32.0 Å². The first-order valence-electron chi connectivity index (χ1n) is 7.90. The van der Waals surface area contributed by atoms with Gasteiger partial charge in [0.05, 0.1) is 16.7 Å². The molecule has 0 saturated heterocycles. The summed E-state index contributed by atoms with van der Waals surface area (Å²) < 4.78 is 26.3. The number of carbonyl (C=O) groups is 1. The van der Waals surface area contributed by atoms with Gasteiger partial charge in [0, 0.05) is 24.8 Å². The Labute approximate surface area is 147 Å². The predicted octanol–water partition coefficient (Wildman–Crippen LogP) is 2.60. The van der Waals surface area contributed by atoms with Crippen molar-refractivity contribution in [1.29, 1.82) is 5.26 Å². The van der Waals surface area contributed by atoms with Crippen LogP contribution in [-0.2, 0) is 10.0 Å². The van der Waals surface area contributed by atoms with Crippen LogP contribution >= 0.6 is 0 Å². The van der Waals surface area contributed by atoms with Crippen molar-refractivity contribution in [3.63, 3.8) is 0 Å². The van der Waals surface area contributed by atoms with Crippen molar-refractivity contribution in [2.45, 2.75) is 24.7 Å². The van der Waals surface area contributed by atoms with Gasteiger partial charge >= 0.3 is 0 Å². The SMILES string of the molecule is CCN(CC)S(=O)(=O)c1ccc(C(=O)[C@@H](C#N)c2ccccn2)cc1. The maximum absolute atomic E-state index is 12.6. The fourth-order valence-corrected chi connectivity index (χ4v) is 3.93. The highest BCUT2D eigenvalue weighted by atomic mass is 32.2. The third-order valence-corrected chi connectivity index (χ3v) is 5.92. The quantitative estimate of drug-likeness (QED) is 0.710. The number of benzene rings is 1. The van der Waals surface area contributed by atoms with Crippen molar-refractivity contribution in [3.05, 3.63) is 59.9 Å². The molecule has 0 spiro atoms. The molecule has 0 fully saturated rings. The highest BCUT2D eigenvalue weighted by molar-refractivity contribution is 7.89. The van der Waals surface area contributed by atoms with E-state index in [2.05, 4.69) is 4.98 Å². The van der Waals surface area contributed by atoms with Gasteiger partial charge in [-0.3, -0.25) is 9.78 Å². The summed E-state index contributed by atoms with van der Waals surface area (Å²) in [5, 5.41) is 9.32. The van der Waals surface area contributed by atoms with Crippen LogP contribution in [0.25, 0.3) is 0 Å². The van der Waals surface area contributed by atoms with Crippen LogP contribution in [0, 0.1) is 11.3 Å². The van der Waals surface area contributed by atoms with Crippen LogP contribution in [0.3, 0.4) is 0 Å². The summed E-state index contributed by atoms with van der Waals surface area (Å²) in [5.74, 6) is -1.43. The van der Waals surface area contributed by atoms with Gasteiger partial charge in [0.15, 0.2) is 11.7 Å². The summed E-state index contributed by atoms with van der Waals surface area (Å²) in [6.07, 6.45) is 1.52. The zero-order valence-electron chi connectivity index (χ0n) is 14.1. The number of ketones is 1. The van der Waals surface area contributed by atoms with E-state index in [-0.39, 0.29) is 10.5 Å². The molecule has 1 heterocycles. The van der Waals surface area contributed by atoms with E-state index in [1.807, 2.05) is 6.07 Å². The van der Waals surface area contributed by atoms with Gasteiger partial charge in [-0.1, -0.05) is 32.0 Å². The molecule has 0 aliphatic rings. The van der Waals surface area contributed by atoms with Crippen LogP contribution in [0.4, 0.5) is 0 Å². The molecule has 0 radical (unpaired) electrons. The highest BCUT2D eigenvalue weighted by Gasteiger charge is 2.25. The van der Waals surface area contributed by atoms with Gasteiger partial charge in [-0.15, -0.1) is 0 Å². The molecule has 0 N–H and O–H groups in total. The van der Waals surface area contributed by atoms with E-state index in [4.69, 9.17) is 0 Å². The average molecular weight is 357 g/mol. The van der Waals surface area contributed by atoms with Crippen molar-refractivity contribution < 1.29 is 13.2 Å². The Morgan fingerprint density at radius 2 is 1.80 bits per heavy atom. The number of hydrogen-bond acceptors (Lipinski definition) is 5. The van der Waals surface area contributed by atoms with Crippen molar-refractivity contribution in [3.8, 4) is 6.07 Å². The molecule has 2 aromatic rings. The number of sulfonamides is 1. The zero-order chi connectivity index (χ0) is 18.4. The number of aromatic nitrogens is 1. The molecule has 1 aromatic heterocycles. The maximum atomic E-state index is 12.6. The molecule has 6 nitrogen and oxygen atoms in total. The molecule has 0 unspecified atom stereocenters. The Kier molecular flexibility index (Phi) is 6.02. The molecule has 7 heteroatoms. The molecule has 0 aliphatic heterocycles. The van der Waals surface area contributed by atoms with Crippen LogP contribution < -0.4 is 0 Å². The van der Waals surface area contributed by atoms with Gasteiger partial charge in [-0.2, -0.15) is 9.57 Å². The van der Waals surface area contributed by atoms with Crippen molar-refractivity contribution in [1.82, 2.24) is 9.29 Å². The second kappa shape index (κ2) is 8.01. The van der Waals surface area contributed by atoms with Crippen molar-refractivity contribution in [2.24, 2.45) is 0 Å². The smallest absolute Gasteiger partial charge is 0.243 e. The summed E-state index contributed by atoms with van der Waals surface area (Å²) in [6, 6.07) is 12.7. The summed E-state index contributed by atoms with van der Waals surface area (Å²) in [6.45, 7) is 4.28. The number of nitriles is 1. The first-order valence-corrected chi connectivity index (χ1v) is 9.34. The molecule has 25 heavy (non-hydrogen) atoms. The van der Waals surface area contributed by atoms with E-state index in [1.165, 1.54) is 34.8 Å². The second-order valence-corrected chi connectivity index (χ2v) is 7.23. The Morgan fingerprint density at radius 3 is 2.28 bits per heavy atom. The van der Waals surface area contributed by atoms with Crippen LogP contribution in [0.2, 0.25) is 0 Å². The number of rotatable bonds is 7. The van der Waals surface area contributed by atoms with Crippen LogP contribution in [-0.4, -0.2) is 36.6 Å². The summed E-state index contributed by atoms with van der Waals surface area (Å²) in [4.78, 5) is 16.7. The lowest BCUT2D eigenvalue weighted by Crippen LogP contribution is -2.30. The first kappa shape index (κ1) is 18.8. The van der Waals surface area contributed by atoms with E-state index >= 15 is 0 Å². The van der Waals surface area contributed by atoms with Crippen molar-refractivity contribution >= 4 is 15.8 Å². The minimum atomic E-state index is -3.58. The molecular weight excluding hydrogens is 338 g/mol.